The summed E-state index contributed by atoms with van der Waals surface area (Å²) in [5.74, 6) is 0. The molecule has 0 heterocycles. The van der Waals surface area contributed by atoms with E-state index in [1.165, 1.54) is 270 Å². The van der Waals surface area contributed by atoms with Crippen molar-refractivity contribution in [1.82, 2.24) is 0 Å². The molecule has 0 amide bonds. The van der Waals surface area contributed by atoms with Crippen LogP contribution in [0.3, 0.4) is 0 Å². The molecule has 6 nitrogen and oxygen atoms in total. The van der Waals surface area contributed by atoms with Gasteiger partial charge in [-0.25, -0.2) is 0 Å². The summed E-state index contributed by atoms with van der Waals surface area (Å²) in [5, 5.41) is 20.5. The van der Waals surface area contributed by atoms with Gasteiger partial charge in [0.1, 0.15) is 6.10 Å². The molecule has 0 aromatic heterocycles. The van der Waals surface area contributed by atoms with Crippen molar-refractivity contribution in [3.8, 4) is 0 Å². The van der Waals surface area contributed by atoms with Crippen LogP contribution in [0.25, 0.3) is 0 Å². The molecule has 0 radical (unpaired) electrons. The van der Waals surface area contributed by atoms with Crippen LogP contribution in [0.15, 0.2) is 0 Å². The van der Waals surface area contributed by atoms with Crippen LogP contribution in [0.2, 0.25) is 0 Å². The number of unbranched alkanes of at least 4 members (excludes halogenated alkanes) is 45. The molecule has 2 N–H and O–H groups in total. The fourth-order valence-electron chi connectivity index (χ4n) is 8.91. The van der Waals surface area contributed by atoms with Gasteiger partial charge in [0.15, 0.2) is 6.29 Å². The Morgan fingerprint density at radius 1 is 0.297 bits per heavy atom. The molecule has 2 atom stereocenters. The summed E-state index contributed by atoms with van der Waals surface area (Å²) >= 11 is 0. The first-order chi connectivity index (χ1) is 31.7. The van der Waals surface area contributed by atoms with Gasteiger partial charge in [0.25, 0.3) is 0 Å². The van der Waals surface area contributed by atoms with E-state index in [-0.39, 0.29) is 0 Å². The molecule has 0 saturated carbocycles. The number of rotatable bonds is 58. The maximum Gasteiger partial charge on any atom is 0.335 e. The van der Waals surface area contributed by atoms with Crippen LogP contribution in [0.4, 0.5) is 0 Å². The third-order valence-electron chi connectivity index (χ3n) is 13.4. The van der Waals surface area contributed by atoms with Gasteiger partial charge in [-0.05, 0) is 19.3 Å². The zero-order valence-corrected chi connectivity index (χ0v) is 44.8. The van der Waals surface area contributed by atoms with Crippen LogP contribution >= 0.6 is 8.60 Å². The second-order valence-electron chi connectivity index (χ2n) is 19.9. The molecular formula is C57H117O6P. The molecule has 386 valence electrons. The Balaban J connectivity index is 4.37. The van der Waals surface area contributed by atoms with E-state index in [9.17, 15) is 10.2 Å². The van der Waals surface area contributed by atoms with Crippen LogP contribution in [0.5, 0.6) is 0 Å². The number of aliphatic hydroxyl groups excluding tert-OH is 2. The quantitative estimate of drug-likeness (QED) is 0.0359. The molecule has 7 heteroatoms. The lowest BCUT2D eigenvalue weighted by atomic mass is 10.0. The Hall–Kier alpha value is 0.190. The molecule has 64 heavy (non-hydrogen) atoms. The van der Waals surface area contributed by atoms with Crippen LogP contribution in [0, 0.1) is 0 Å². The maximum absolute atomic E-state index is 10.6. The summed E-state index contributed by atoms with van der Waals surface area (Å²) in [7, 11) is -1.67. The molecule has 0 saturated heterocycles. The summed E-state index contributed by atoms with van der Waals surface area (Å²) < 4.78 is 24.6. The highest BCUT2D eigenvalue weighted by molar-refractivity contribution is 7.41. The summed E-state index contributed by atoms with van der Waals surface area (Å²) in [4.78, 5) is 0. The van der Waals surface area contributed by atoms with Gasteiger partial charge in [0, 0.05) is 6.61 Å². The van der Waals surface area contributed by atoms with Gasteiger partial charge in [0.2, 0.25) is 0 Å². The second-order valence-corrected chi connectivity index (χ2v) is 21.1. The monoisotopic (exact) mass is 929 g/mol. The van der Waals surface area contributed by atoms with E-state index in [2.05, 4.69) is 20.8 Å². The van der Waals surface area contributed by atoms with E-state index < -0.39 is 27.6 Å². The molecule has 0 aliphatic heterocycles. The smallest absolute Gasteiger partial charge is 0.335 e. The number of ether oxygens (including phenoxy) is 1. The fourth-order valence-corrected chi connectivity index (χ4v) is 10.0. The fraction of sp³-hybridized carbons (Fsp3) is 1.00. The molecule has 0 aromatic carbocycles. The van der Waals surface area contributed by atoms with Gasteiger partial charge in [-0.3, -0.25) is 4.52 Å². The minimum atomic E-state index is -1.67. The first kappa shape index (κ1) is 64.2. The van der Waals surface area contributed by atoms with Crippen molar-refractivity contribution >= 4 is 8.60 Å². The lowest BCUT2D eigenvalue weighted by Gasteiger charge is -2.26. The Kier molecular flexibility index (Phi) is 57.7. The zero-order valence-electron chi connectivity index (χ0n) is 43.9. The lowest BCUT2D eigenvalue weighted by molar-refractivity contribution is -0.161. The largest absolute Gasteiger partial charge is 0.393 e. The Morgan fingerprint density at radius 2 is 0.500 bits per heavy atom. The Morgan fingerprint density at radius 3 is 0.719 bits per heavy atom. The molecule has 0 aliphatic rings. The van der Waals surface area contributed by atoms with Crippen molar-refractivity contribution in [3.63, 3.8) is 0 Å². The third-order valence-corrected chi connectivity index (χ3v) is 14.5. The first-order valence-electron chi connectivity index (χ1n) is 29.3. The molecule has 0 aliphatic carbocycles. The molecular weight excluding hydrogens is 812 g/mol. The average Bonchev–Trinajstić information content (AvgIpc) is 3.31. The van der Waals surface area contributed by atoms with E-state index in [0.29, 0.717) is 19.8 Å². The van der Waals surface area contributed by atoms with Crippen LogP contribution in [-0.4, -0.2) is 49.0 Å². The van der Waals surface area contributed by atoms with E-state index >= 15 is 0 Å². The van der Waals surface area contributed by atoms with Crippen LogP contribution < -0.4 is 0 Å². The summed E-state index contributed by atoms with van der Waals surface area (Å²) in [5.41, 5.74) is 0. The average molecular weight is 930 g/mol. The number of hydrogen-bond acceptors (Lipinski definition) is 6. The lowest BCUT2D eigenvalue weighted by Crippen LogP contribution is -2.34. The van der Waals surface area contributed by atoms with Crippen LogP contribution in [-0.2, 0) is 18.3 Å². The highest BCUT2D eigenvalue weighted by atomic mass is 31.2. The van der Waals surface area contributed by atoms with Gasteiger partial charge in [-0.1, -0.05) is 310 Å². The van der Waals surface area contributed by atoms with Crippen molar-refractivity contribution < 1.29 is 28.5 Å². The van der Waals surface area contributed by atoms with Crippen LogP contribution in [0.1, 0.15) is 329 Å². The maximum atomic E-state index is 10.6. The van der Waals surface area contributed by atoms with Crippen molar-refractivity contribution in [3.05, 3.63) is 0 Å². The Labute approximate surface area is 403 Å². The van der Waals surface area contributed by atoms with Gasteiger partial charge in [0.05, 0.1) is 19.8 Å². The van der Waals surface area contributed by atoms with Gasteiger partial charge < -0.3 is 24.0 Å². The van der Waals surface area contributed by atoms with Gasteiger partial charge in [-0.2, -0.15) is 0 Å². The van der Waals surface area contributed by atoms with E-state index in [4.69, 9.17) is 18.3 Å². The van der Waals surface area contributed by atoms with E-state index in [1.807, 2.05) is 0 Å². The van der Waals surface area contributed by atoms with Crippen molar-refractivity contribution in [2.24, 2.45) is 0 Å². The normalized spacial score (nSPS) is 12.8. The highest BCUT2D eigenvalue weighted by Crippen LogP contribution is 2.42. The SMILES string of the molecule is CCCCCCCCCCCCCCCCCCOC(OP(OCCCCCCCCCCCCCCCCCC)OCCCCCCCCCCCCCCCCCC)C(O)CO. The predicted octanol–water partition coefficient (Wildman–Crippen LogP) is 19.7. The molecule has 0 aromatic rings. The van der Waals surface area contributed by atoms with Crippen molar-refractivity contribution in [2.75, 3.05) is 26.4 Å². The van der Waals surface area contributed by atoms with Gasteiger partial charge >= 0.3 is 8.60 Å². The second kappa shape index (κ2) is 57.5. The van der Waals surface area contributed by atoms with E-state index in [0.717, 1.165) is 38.5 Å². The highest BCUT2D eigenvalue weighted by Gasteiger charge is 2.26. The Bertz CT molecular complexity index is 781. The topological polar surface area (TPSA) is 77.4 Å². The van der Waals surface area contributed by atoms with Gasteiger partial charge in [-0.15, -0.1) is 0 Å². The predicted molar refractivity (Wildman–Crippen MR) is 281 cm³/mol. The third kappa shape index (κ3) is 51.6. The standard InChI is InChI=1S/C57H117O6P/c1-4-7-10-13-16-19-22-25-28-31-34-37-40-43-46-49-52-60-57(56(59)55-58)63-64(61-53-50-47-44-41-38-35-32-29-26-23-20-17-14-11-8-5-2)62-54-51-48-45-42-39-36-33-30-27-24-21-18-15-12-9-6-3/h56-59H,4-55H2,1-3H3. The molecule has 0 bridgehead atoms. The molecule has 0 rings (SSSR count). The first-order valence-corrected chi connectivity index (χ1v) is 30.4. The minimum absolute atomic E-state index is 0.412. The van der Waals surface area contributed by atoms with Crippen molar-refractivity contribution in [1.29, 1.82) is 0 Å². The zero-order chi connectivity index (χ0) is 46.3. The summed E-state index contributed by atoms with van der Waals surface area (Å²) in [6, 6.07) is 0. The van der Waals surface area contributed by atoms with E-state index in [1.54, 1.807) is 0 Å². The van der Waals surface area contributed by atoms with Crippen molar-refractivity contribution in [2.45, 2.75) is 341 Å². The molecule has 2 unspecified atom stereocenters. The number of hydrogen-bond donors (Lipinski definition) is 2. The molecule has 0 spiro atoms. The number of aliphatic hydroxyl groups is 2. The molecule has 0 fully saturated rings. The minimum Gasteiger partial charge on any atom is -0.393 e. The summed E-state index contributed by atoms with van der Waals surface area (Å²) in [6.07, 6.45) is 62.2. The summed E-state index contributed by atoms with van der Waals surface area (Å²) in [6.45, 7) is 8.14.